The number of hydrogen-bond acceptors (Lipinski definition) is 5. The molecule has 7 heteroatoms. The summed E-state index contributed by atoms with van der Waals surface area (Å²) < 4.78 is 5.18. The Hall–Kier alpha value is -2.31. The summed E-state index contributed by atoms with van der Waals surface area (Å²) in [5.74, 6) is -0.728. The van der Waals surface area contributed by atoms with Gasteiger partial charge in [-0.1, -0.05) is 25.4 Å². The molecule has 0 aliphatic carbocycles. The summed E-state index contributed by atoms with van der Waals surface area (Å²) in [5.41, 5.74) is 1.60. The van der Waals surface area contributed by atoms with Crippen molar-refractivity contribution in [1.29, 1.82) is 0 Å². The maximum atomic E-state index is 13.0. The molecular weight excluding hydrogens is 398 g/mol. The highest BCUT2D eigenvalue weighted by Gasteiger charge is 2.45. The van der Waals surface area contributed by atoms with Crippen molar-refractivity contribution in [1.82, 2.24) is 0 Å². The van der Waals surface area contributed by atoms with Crippen molar-refractivity contribution in [2.24, 2.45) is 5.92 Å². The van der Waals surface area contributed by atoms with Crippen LogP contribution in [0.1, 0.15) is 36.8 Å². The number of aliphatic hydroxyl groups excluding tert-OH is 1. The first-order valence-electron chi connectivity index (χ1n) is 8.93. The lowest BCUT2D eigenvalue weighted by atomic mass is 9.94. The van der Waals surface area contributed by atoms with Crippen molar-refractivity contribution in [2.45, 2.75) is 33.2 Å². The molecule has 1 aliphatic heterocycles. The molecule has 2 heterocycles. The second-order valence-corrected chi connectivity index (χ2v) is 8.50. The van der Waals surface area contributed by atoms with E-state index < -0.39 is 17.7 Å². The van der Waals surface area contributed by atoms with Gasteiger partial charge >= 0.3 is 0 Å². The fraction of sp³-hybridized carbons (Fsp3) is 0.333. The van der Waals surface area contributed by atoms with E-state index in [1.54, 1.807) is 18.2 Å². The van der Waals surface area contributed by atoms with Crippen molar-refractivity contribution < 1.29 is 19.4 Å². The van der Waals surface area contributed by atoms with Crippen LogP contribution in [0.5, 0.6) is 5.75 Å². The zero-order valence-corrected chi connectivity index (χ0v) is 17.7. The lowest BCUT2D eigenvalue weighted by Crippen LogP contribution is -2.31. The number of benzene rings is 1. The predicted molar refractivity (Wildman–Crippen MR) is 111 cm³/mol. The summed E-state index contributed by atoms with van der Waals surface area (Å²) in [6, 6.07) is 6.22. The van der Waals surface area contributed by atoms with Gasteiger partial charge in [-0.3, -0.25) is 14.5 Å². The average molecular weight is 420 g/mol. The molecule has 0 bridgehead atoms. The van der Waals surface area contributed by atoms with E-state index in [2.05, 4.69) is 0 Å². The second kappa shape index (κ2) is 7.97. The van der Waals surface area contributed by atoms with Crippen LogP contribution in [0, 0.1) is 12.8 Å². The molecule has 1 amide bonds. The van der Waals surface area contributed by atoms with Gasteiger partial charge in [0.05, 0.1) is 17.7 Å². The van der Waals surface area contributed by atoms with E-state index >= 15 is 0 Å². The number of rotatable bonds is 6. The second-order valence-electron chi connectivity index (χ2n) is 7.15. The third kappa shape index (κ3) is 3.54. The Morgan fingerprint density at radius 2 is 2.07 bits per heavy atom. The molecule has 1 N–H and O–H groups in total. The van der Waals surface area contributed by atoms with Gasteiger partial charge in [-0.2, -0.15) is 0 Å². The van der Waals surface area contributed by atoms with Crippen LogP contribution in [0.15, 0.2) is 41.0 Å². The first-order chi connectivity index (χ1) is 13.3. The van der Waals surface area contributed by atoms with Crippen LogP contribution in [0.25, 0.3) is 0 Å². The number of nitrogens with zero attached hydrogens (tertiary/aromatic N) is 1. The van der Waals surface area contributed by atoms with Crippen molar-refractivity contribution in [3.8, 4) is 5.75 Å². The normalized spacial score (nSPS) is 17.0. The van der Waals surface area contributed by atoms with Gasteiger partial charge in [-0.05, 0) is 48.1 Å². The minimum absolute atomic E-state index is 0.109. The van der Waals surface area contributed by atoms with Gasteiger partial charge in [-0.25, -0.2) is 0 Å². The van der Waals surface area contributed by atoms with E-state index in [9.17, 15) is 14.7 Å². The minimum Gasteiger partial charge on any atom is -0.503 e. The molecule has 0 radical (unpaired) electrons. The maximum absolute atomic E-state index is 13.0. The first kappa shape index (κ1) is 20.4. The van der Waals surface area contributed by atoms with Gasteiger partial charge in [-0.15, -0.1) is 11.3 Å². The zero-order valence-electron chi connectivity index (χ0n) is 16.2. The third-order valence-corrected chi connectivity index (χ3v) is 6.03. The van der Waals surface area contributed by atoms with Crippen molar-refractivity contribution in [3.63, 3.8) is 0 Å². The Morgan fingerprint density at radius 1 is 1.36 bits per heavy atom. The van der Waals surface area contributed by atoms with Gasteiger partial charge in [0.25, 0.3) is 5.91 Å². The van der Waals surface area contributed by atoms with E-state index in [1.165, 1.54) is 23.3 Å². The van der Waals surface area contributed by atoms with Crippen molar-refractivity contribution in [3.05, 3.63) is 56.4 Å². The number of Topliss-reactive ketones (excluding diaryl/α,β-unsaturated/α-hetero) is 1. The first-order valence-corrected chi connectivity index (χ1v) is 10.2. The fourth-order valence-corrected chi connectivity index (χ4v) is 4.63. The lowest BCUT2D eigenvalue weighted by molar-refractivity contribution is -0.118. The molecule has 1 aliphatic rings. The minimum atomic E-state index is -0.678. The molecule has 1 atom stereocenters. The molecule has 0 fully saturated rings. The van der Waals surface area contributed by atoms with Gasteiger partial charge in [0.15, 0.2) is 11.5 Å². The molecular formula is C21H22ClNO4S. The average Bonchev–Trinajstić information content (AvgIpc) is 3.15. The quantitative estimate of drug-likeness (QED) is 0.695. The van der Waals surface area contributed by atoms with Gasteiger partial charge < -0.3 is 9.84 Å². The number of carbonyl (C=O) groups excluding carboxylic acids is 2. The van der Waals surface area contributed by atoms with Gasteiger partial charge in [0.1, 0.15) is 11.8 Å². The summed E-state index contributed by atoms with van der Waals surface area (Å²) in [5, 5.41) is 12.9. The number of ether oxygens (including phenoxy) is 1. The van der Waals surface area contributed by atoms with E-state index in [-0.39, 0.29) is 23.7 Å². The summed E-state index contributed by atoms with van der Waals surface area (Å²) in [7, 11) is 1.51. The number of thiophene rings is 1. The summed E-state index contributed by atoms with van der Waals surface area (Å²) in [4.78, 5) is 28.2. The Labute approximate surface area is 173 Å². The van der Waals surface area contributed by atoms with E-state index in [1.807, 2.05) is 32.2 Å². The number of carbonyl (C=O) groups is 2. The standard InChI is InChI=1S/C21H22ClNO4S/c1-11(2)9-15(24)17-18(20-12(3)7-8-28-20)23(21(26)19(17)25)13-5-6-16(27-4)14(22)10-13/h5-8,10-11,18,25H,9H2,1-4H3. The molecule has 28 heavy (non-hydrogen) atoms. The largest absolute Gasteiger partial charge is 0.503 e. The number of aliphatic hydroxyl groups is 1. The predicted octanol–water partition coefficient (Wildman–Crippen LogP) is 5.23. The number of amides is 1. The summed E-state index contributed by atoms with van der Waals surface area (Å²) >= 11 is 7.71. The monoisotopic (exact) mass is 419 g/mol. The molecule has 0 spiro atoms. The molecule has 1 aromatic carbocycles. The maximum Gasteiger partial charge on any atom is 0.294 e. The number of hydrogen-bond donors (Lipinski definition) is 1. The highest BCUT2D eigenvalue weighted by molar-refractivity contribution is 7.10. The third-order valence-electron chi connectivity index (χ3n) is 4.67. The highest BCUT2D eigenvalue weighted by Crippen LogP contribution is 2.45. The Kier molecular flexibility index (Phi) is 5.82. The van der Waals surface area contributed by atoms with E-state index in [0.29, 0.717) is 16.5 Å². The van der Waals surface area contributed by atoms with Crippen LogP contribution >= 0.6 is 22.9 Å². The summed E-state index contributed by atoms with van der Waals surface area (Å²) in [6.07, 6.45) is 0.255. The summed E-state index contributed by atoms with van der Waals surface area (Å²) in [6.45, 7) is 5.78. The van der Waals surface area contributed by atoms with Crippen LogP contribution < -0.4 is 9.64 Å². The van der Waals surface area contributed by atoms with Crippen LogP contribution in [0.2, 0.25) is 5.02 Å². The van der Waals surface area contributed by atoms with E-state index in [0.717, 1.165) is 10.4 Å². The van der Waals surface area contributed by atoms with Crippen molar-refractivity contribution >= 4 is 40.3 Å². The lowest BCUT2D eigenvalue weighted by Gasteiger charge is -2.27. The molecule has 0 saturated carbocycles. The highest BCUT2D eigenvalue weighted by atomic mass is 35.5. The van der Waals surface area contributed by atoms with Crippen LogP contribution in [-0.4, -0.2) is 23.9 Å². The smallest absolute Gasteiger partial charge is 0.294 e. The number of aryl methyl sites for hydroxylation is 1. The molecule has 1 unspecified atom stereocenters. The van der Waals surface area contributed by atoms with E-state index in [4.69, 9.17) is 16.3 Å². The molecule has 0 saturated heterocycles. The molecule has 148 valence electrons. The number of methoxy groups -OCH3 is 1. The van der Waals surface area contributed by atoms with Crippen molar-refractivity contribution in [2.75, 3.05) is 12.0 Å². The Bertz CT molecular complexity index is 963. The SMILES string of the molecule is COc1ccc(N2C(=O)C(O)=C(C(=O)CC(C)C)C2c2sccc2C)cc1Cl. The van der Waals surface area contributed by atoms with Crippen LogP contribution in [-0.2, 0) is 9.59 Å². The number of anilines is 1. The molecule has 1 aromatic heterocycles. The number of ketones is 1. The molecule has 2 aromatic rings. The van der Waals surface area contributed by atoms with Crippen LogP contribution in [0.4, 0.5) is 5.69 Å². The van der Waals surface area contributed by atoms with Gasteiger partial charge in [0.2, 0.25) is 0 Å². The topological polar surface area (TPSA) is 66.8 Å². The Morgan fingerprint density at radius 3 is 2.61 bits per heavy atom. The molecule has 5 nitrogen and oxygen atoms in total. The fourth-order valence-electron chi connectivity index (χ4n) is 3.35. The zero-order chi connectivity index (χ0) is 20.6. The Balaban J connectivity index is 2.15. The number of halogens is 1. The van der Waals surface area contributed by atoms with Crippen LogP contribution in [0.3, 0.4) is 0 Å². The molecule has 3 rings (SSSR count). The van der Waals surface area contributed by atoms with Gasteiger partial charge in [0, 0.05) is 17.0 Å².